The molecular formula is C20H24N4O2. The smallest absolute Gasteiger partial charge is 0.195 e. The average Bonchev–Trinajstić information content (AvgIpc) is 2.69. The fraction of sp³-hybridized carbons (Fsp3) is 0.300. The van der Waals surface area contributed by atoms with E-state index < -0.39 is 0 Å². The molecule has 0 amide bonds. The van der Waals surface area contributed by atoms with Gasteiger partial charge in [0.2, 0.25) is 0 Å². The molecule has 0 fully saturated rings. The molecule has 0 saturated carbocycles. The second-order valence-electron chi connectivity index (χ2n) is 5.59. The second-order valence-corrected chi connectivity index (χ2v) is 5.59. The van der Waals surface area contributed by atoms with Gasteiger partial charge in [0.15, 0.2) is 5.96 Å². The van der Waals surface area contributed by atoms with E-state index in [1.807, 2.05) is 42.5 Å². The Morgan fingerprint density at radius 1 is 1.15 bits per heavy atom. The third-order valence-corrected chi connectivity index (χ3v) is 3.60. The van der Waals surface area contributed by atoms with Crippen LogP contribution in [0.5, 0.6) is 5.75 Å². The van der Waals surface area contributed by atoms with Crippen molar-refractivity contribution in [3.05, 3.63) is 59.7 Å². The SMILES string of the molecule is CN=C(NCc1cccc(C#N)c1)Nc1cccc(OCCCOC)c1. The van der Waals surface area contributed by atoms with E-state index in [-0.39, 0.29) is 0 Å². The standard InChI is InChI=1S/C20H24N4O2/c1-22-20(23-15-17-7-3-6-16(12-17)14-21)24-18-8-4-9-19(13-18)26-11-5-10-25-2/h3-4,6-9,12-13H,5,10-11,15H2,1-2H3,(H2,22,23,24). The molecule has 6 nitrogen and oxygen atoms in total. The second kappa shape index (κ2) is 10.7. The number of hydrogen-bond acceptors (Lipinski definition) is 4. The van der Waals surface area contributed by atoms with E-state index in [2.05, 4.69) is 21.7 Å². The minimum atomic E-state index is 0.572. The maximum absolute atomic E-state index is 8.97. The molecule has 0 unspecified atom stereocenters. The first-order valence-corrected chi connectivity index (χ1v) is 8.43. The topological polar surface area (TPSA) is 78.7 Å². The van der Waals surface area contributed by atoms with Gasteiger partial charge >= 0.3 is 0 Å². The van der Waals surface area contributed by atoms with Crippen molar-refractivity contribution in [3.8, 4) is 11.8 Å². The number of aliphatic imine (C=N–C) groups is 1. The predicted molar refractivity (Wildman–Crippen MR) is 103 cm³/mol. The van der Waals surface area contributed by atoms with Crippen LogP contribution in [0.3, 0.4) is 0 Å². The Labute approximate surface area is 154 Å². The number of nitriles is 1. The molecule has 0 heterocycles. The van der Waals surface area contributed by atoms with Gasteiger partial charge in [-0.2, -0.15) is 5.26 Å². The number of hydrogen-bond donors (Lipinski definition) is 2. The van der Waals surface area contributed by atoms with Gasteiger partial charge in [-0.15, -0.1) is 0 Å². The van der Waals surface area contributed by atoms with Crippen molar-refractivity contribution in [1.29, 1.82) is 5.26 Å². The van der Waals surface area contributed by atoms with E-state index in [4.69, 9.17) is 14.7 Å². The Hall–Kier alpha value is -3.04. The van der Waals surface area contributed by atoms with Crippen molar-refractivity contribution in [3.63, 3.8) is 0 Å². The number of guanidine groups is 1. The Bertz CT molecular complexity index is 768. The summed E-state index contributed by atoms with van der Waals surface area (Å²) in [5.41, 5.74) is 2.54. The lowest BCUT2D eigenvalue weighted by molar-refractivity contribution is 0.172. The quantitative estimate of drug-likeness (QED) is 0.433. The van der Waals surface area contributed by atoms with Crippen molar-refractivity contribution < 1.29 is 9.47 Å². The van der Waals surface area contributed by atoms with Crippen molar-refractivity contribution >= 4 is 11.6 Å². The van der Waals surface area contributed by atoms with Crippen molar-refractivity contribution in [2.45, 2.75) is 13.0 Å². The lowest BCUT2D eigenvalue weighted by Gasteiger charge is -2.13. The van der Waals surface area contributed by atoms with Crippen LogP contribution in [-0.2, 0) is 11.3 Å². The van der Waals surface area contributed by atoms with Gasteiger partial charge in [0.1, 0.15) is 5.75 Å². The van der Waals surface area contributed by atoms with Gasteiger partial charge in [0.25, 0.3) is 0 Å². The van der Waals surface area contributed by atoms with Crippen molar-refractivity contribution in [2.24, 2.45) is 4.99 Å². The minimum absolute atomic E-state index is 0.572. The zero-order chi connectivity index (χ0) is 18.6. The van der Waals surface area contributed by atoms with E-state index >= 15 is 0 Å². The van der Waals surface area contributed by atoms with Crippen LogP contribution >= 0.6 is 0 Å². The van der Waals surface area contributed by atoms with Crippen LogP contribution in [0.2, 0.25) is 0 Å². The van der Waals surface area contributed by atoms with Gasteiger partial charge < -0.3 is 20.1 Å². The Morgan fingerprint density at radius 3 is 2.77 bits per heavy atom. The van der Waals surface area contributed by atoms with Crippen molar-refractivity contribution in [2.75, 3.05) is 32.7 Å². The van der Waals surface area contributed by atoms with Gasteiger partial charge in [-0.3, -0.25) is 4.99 Å². The van der Waals surface area contributed by atoms with Crippen LogP contribution < -0.4 is 15.4 Å². The highest BCUT2D eigenvalue weighted by molar-refractivity contribution is 5.93. The summed E-state index contributed by atoms with van der Waals surface area (Å²) in [5.74, 6) is 1.44. The number of rotatable bonds is 8. The Balaban J connectivity index is 1.90. The summed E-state index contributed by atoms with van der Waals surface area (Å²) < 4.78 is 10.7. The van der Waals surface area contributed by atoms with Crippen LogP contribution in [0, 0.1) is 11.3 Å². The lowest BCUT2D eigenvalue weighted by atomic mass is 10.1. The third kappa shape index (κ3) is 6.46. The maximum atomic E-state index is 8.97. The molecule has 136 valence electrons. The average molecular weight is 352 g/mol. The lowest BCUT2D eigenvalue weighted by Crippen LogP contribution is -2.30. The highest BCUT2D eigenvalue weighted by atomic mass is 16.5. The molecule has 0 aromatic heterocycles. The molecule has 6 heteroatoms. The largest absolute Gasteiger partial charge is 0.493 e. The van der Waals surface area contributed by atoms with Gasteiger partial charge in [-0.05, 0) is 29.8 Å². The molecular weight excluding hydrogens is 328 g/mol. The molecule has 2 N–H and O–H groups in total. The zero-order valence-electron chi connectivity index (χ0n) is 15.2. The maximum Gasteiger partial charge on any atom is 0.195 e. The Kier molecular flexibility index (Phi) is 7.97. The fourth-order valence-corrected chi connectivity index (χ4v) is 2.31. The van der Waals surface area contributed by atoms with Gasteiger partial charge in [-0.25, -0.2) is 0 Å². The summed E-state index contributed by atoms with van der Waals surface area (Å²) >= 11 is 0. The number of benzene rings is 2. The van der Waals surface area contributed by atoms with Gasteiger partial charge in [0, 0.05) is 45.5 Å². The molecule has 2 aromatic rings. The number of ether oxygens (including phenoxy) is 2. The van der Waals surface area contributed by atoms with E-state index in [1.54, 1.807) is 20.2 Å². The number of nitrogens with zero attached hydrogens (tertiary/aromatic N) is 2. The molecule has 0 radical (unpaired) electrons. The van der Waals surface area contributed by atoms with Crippen LogP contribution in [0.15, 0.2) is 53.5 Å². The molecule has 0 spiro atoms. The van der Waals surface area contributed by atoms with E-state index in [9.17, 15) is 0 Å². The summed E-state index contributed by atoms with van der Waals surface area (Å²) in [7, 11) is 3.39. The minimum Gasteiger partial charge on any atom is -0.493 e. The summed E-state index contributed by atoms with van der Waals surface area (Å²) in [4.78, 5) is 4.23. The first-order valence-electron chi connectivity index (χ1n) is 8.43. The highest BCUT2D eigenvalue weighted by Gasteiger charge is 2.02. The number of nitrogens with one attached hydrogen (secondary N) is 2. The highest BCUT2D eigenvalue weighted by Crippen LogP contribution is 2.17. The number of anilines is 1. The molecule has 0 atom stereocenters. The van der Waals surface area contributed by atoms with Crippen LogP contribution in [0.1, 0.15) is 17.5 Å². The first kappa shape index (κ1) is 19.3. The molecule has 0 saturated heterocycles. The van der Waals surface area contributed by atoms with Gasteiger partial charge in [-0.1, -0.05) is 18.2 Å². The normalized spacial score (nSPS) is 10.9. The summed E-state index contributed by atoms with van der Waals surface area (Å²) in [5, 5.41) is 15.4. The van der Waals surface area contributed by atoms with Crippen LogP contribution in [-0.4, -0.2) is 33.3 Å². The number of methoxy groups -OCH3 is 1. The van der Waals surface area contributed by atoms with Crippen LogP contribution in [0.25, 0.3) is 0 Å². The molecule has 0 bridgehead atoms. The molecule has 0 aliphatic carbocycles. The molecule has 0 aliphatic heterocycles. The summed E-state index contributed by atoms with van der Waals surface area (Å²) in [6, 6.07) is 17.3. The monoisotopic (exact) mass is 352 g/mol. The van der Waals surface area contributed by atoms with Crippen molar-refractivity contribution in [1.82, 2.24) is 5.32 Å². The van der Waals surface area contributed by atoms with Crippen LogP contribution in [0.4, 0.5) is 5.69 Å². The predicted octanol–water partition coefficient (Wildman–Crippen LogP) is 3.16. The van der Waals surface area contributed by atoms with E-state index in [0.29, 0.717) is 31.3 Å². The van der Waals surface area contributed by atoms with Gasteiger partial charge in [0.05, 0.1) is 18.2 Å². The fourth-order valence-electron chi connectivity index (χ4n) is 2.31. The first-order chi connectivity index (χ1) is 12.7. The molecule has 26 heavy (non-hydrogen) atoms. The molecule has 2 rings (SSSR count). The summed E-state index contributed by atoms with van der Waals surface area (Å²) in [6.45, 7) is 1.86. The molecule has 2 aromatic carbocycles. The van der Waals surface area contributed by atoms with E-state index in [1.165, 1.54) is 0 Å². The zero-order valence-corrected chi connectivity index (χ0v) is 15.2. The molecule has 0 aliphatic rings. The van der Waals surface area contributed by atoms with E-state index in [0.717, 1.165) is 23.4 Å². The summed E-state index contributed by atoms with van der Waals surface area (Å²) in [6.07, 6.45) is 0.846. The third-order valence-electron chi connectivity index (χ3n) is 3.60. The Morgan fingerprint density at radius 2 is 2.00 bits per heavy atom.